The number of alkyl halides is 1. The quantitative estimate of drug-likeness (QED) is 0.664. The smallest absolute Gasteiger partial charge is 0.119 e. The van der Waals surface area contributed by atoms with E-state index in [1.165, 1.54) is 11.1 Å². The highest BCUT2D eigenvalue weighted by Crippen LogP contribution is 2.59. The molecule has 0 bridgehead atoms. The van der Waals surface area contributed by atoms with Crippen LogP contribution in [0, 0.1) is 0 Å². The second-order valence-corrected chi connectivity index (χ2v) is 6.56. The zero-order valence-corrected chi connectivity index (χ0v) is 13.3. The van der Waals surface area contributed by atoms with Crippen LogP contribution in [0.15, 0.2) is 54.6 Å². The summed E-state index contributed by atoms with van der Waals surface area (Å²) in [5, 5.41) is 0.0213. The van der Waals surface area contributed by atoms with Crippen LogP contribution in [0.5, 0.6) is 5.75 Å². The molecule has 3 rings (SSSR count). The molecule has 1 unspecified atom stereocenters. The average molecular weight is 301 g/mol. The van der Waals surface area contributed by atoms with E-state index in [1.807, 2.05) is 26.0 Å². The molecule has 0 aromatic heterocycles. The van der Waals surface area contributed by atoms with Crippen molar-refractivity contribution in [3.8, 4) is 5.75 Å². The summed E-state index contributed by atoms with van der Waals surface area (Å²) in [4.78, 5) is 0. The highest BCUT2D eigenvalue weighted by molar-refractivity contribution is 6.22. The molecule has 0 radical (unpaired) electrons. The van der Waals surface area contributed by atoms with Crippen LogP contribution in [0.1, 0.15) is 43.2 Å². The minimum Gasteiger partial charge on any atom is -0.491 e. The Labute approximate surface area is 131 Å². The number of halogens is 1. The predicted octanol–water partition coefficient (Wildman–Crippen LogP) is 5.49. The van der Waals surface area contributed by atoms with Crippen molar-refractivity contribution in [2.45, 2.75) is 43.6 Å². The molecular weight excluding hydrogens is 280 g/mol. The van der Waals surface area contributed by atoms with Gasteiger partial charge in [0.2, 0.25) is 0 Å². The minimum absolute atomic E-state index is 0.0213. The molecule has 1 saturated carbocycles. The van der Waals surface area contributed by atoms with Crippen molar-refractivity contribution in [2.75, 3.05) is 0 Å². The highest BCUT2D eigenvalue weighted by atomic mass is 35.5. The SMILES string of the molecule is CC(C)Oc1ccc(C(Cl)C2(c3ccccc3)CC2)cc1. The summed E-state index contributed by atoms with van der Waals surface area (Å²) >= 11 is 6.81. The second-order valence-electron chi connectivity index (χ2n) is 6.12. The lowest BCUT2D eigenvalue weighted by molar-refractivity contribution is 0.242. The lowest BCUT2D eigenvalue weighted by atomic mass is 9.88. The number of rotatable bonds is 5. The van der Waals surface area contributed by atoms with Crippen molar-refractivity contribution >= 4 is 11.6 Å². The van der Waals surface area contributed by atoms with E-state index >= 15 is 0 Å². The Morgan fingerprint density at radius 1 is 0.952 bits per heavy atom. The number of hydrogen-bond acceptors (Lipinski definition) is 1. The summed E-state index contributed by atoms with van der Waals surface area (Å²) in [5.41, 5.74) is 2.64. The molecule has 2 aromatic rings. The van der Waals surface area contributed by atoms with Crippen LogP contribution in [0.4, 0.5) is 0 Å². The van der Waals surface area contributed by atoms with Crippen LogP contribution in [-0.2, 0) is 5.41 Å². The molecular formula is C19H21ClO. The van der Waals surface area contributed by atoms with Gasteiger partial charge in [0.1, 0.15) is 5.75 Å². The first kappa shape index (κ1) is 14.5. The van der Waals surface area contributed by atoms with E-state index in [0.29, 0.717) is 0 Å². The van der Waals surface area contributed by atoms with Crippen LogP contribution in [0.3, 0.4) is 0 Å². The summed E-state index contributed by atoms with van der Waals surface area (Å²) in [6.07, 6.45) is 2.52. The van der Waals surface area contributed by atoms with E-state index in [4.69, 9.17) is 16.3 Å². The Bertz CT molecular complexity index is 585. The van der Waals surface area contributed by atoms with Crippen LogP contribution in [0.2, 0.25) is 0 Å². The van der Waals surface area contributed by atoms with Gasteiger partial charge in [0.25, 0.3) is 0 Å². The third-order valence-corrected chi connectivity index (χ3v) is 4.84. The standard InChI is InChI=1S/C19H21ClO/c1-14(2)21-17-10-8-15(9-11-17)18(20)19(12-13-19)16-6-4-3-5-7-16/h3-11,14,18H,12-13H2,1-2H3. The first-order valence-corrected chi connectivity index (χ1v) is 8.02. The molecule has 110 valence electrons. The van der Waals surface area contributed by atoms with E-state index in [2.05, 4.69) is 42.5 Å². The maximum atomic E-state index is 6.81. The Kier molecular flexibility index (Phi) is 3.95. The van der Waals surface area contributed by atoms with Crippen molar-refractivity contribution in [2.24, 2.45) is 0 Å². The molecule has 1 fully saturated rings. The van der Waals surface area contributed by atoms with Gasteiger partial charge in [0, 0.05) is 5.41 Å². The molecule has 0 aliphatic heterocycles. The molecule has 2 heteroatoms. The second kappa shape index (κ2) is 5.73. The molecule has 0 amide bonds. The van der Waals surface area contributed by atoms with Gasteiger partial charge in [-0.15, -0.1) is 11.6 Å². The maximum absolute atomic E-state index is 6.81. The predicted molar refractivity (Wildman–Crippen MR) is 88.2 cm³/mol. The van der Waals surface area contributed by atoms with E-state index in [9.17, 15) is 0 Å². The van der Waals surface area contributed by atoms with Crippen molar-refractivity contribution in [3.05, 3.63) is 65.7 Å². The Morgan fingerprint density at radius 3 is 2.10 bits per heavy atom. The summed E-state index contributed by atoms with van der Waals surface area (Å²) in [6.45, 7) is 4.07. The summed E-state index contributed by atoms with van der Waals surface area (Å²) in [6, 6.07) is 18.9. The third kappa shape index (κ3) is 2.94. The van der Waals surface area contributed by atoms with Crippen LogP contribution < -0.4 is 4.74 Å². The van der Waals surface area contributed by atoms with Gasteiger partial charge < -0.3 is 4.74 Å². The van der Waals surface area contributed by atoms with Gasteiger partial charge in [-0.1, -0.05) is 42.5 Å². The third-order valence-electron chi connectivity index (χ3n) is 4.17. The zero-order chi connectivity index (χ0) is 14.9. The average Bonchev–Trinajstić information content (AvgIpc) is 3.29. The molecule has 1 aliphatic rings. The fourth-order valence-electron chi connectivity index (χ4n) is 2.90. The number of benzene rings is 2. The number of ether oxygens (including phenoxy) is 1. The Morgan fingerprint density at radius 2 is 1.57 bits per heavy atom. The summed E-state index contributed by atoms with van der Waals surface area (Å²) < 4.78 is 5.69. The topological polar surface area (TPSA) is 9.23 Å². The molecule has 0 N–H and O–H groups in total. The van der Waals surface area contributed by atoms with Gasteiger partial charge in [-0.3, -0.25) is 0 Å². The van der Waals surface area contributed by atoms with E-state index in [0.717, 1.165) is 18.6 Å². The van der Waals surface area contributed by atoms with Crippen molar-refractivity contribution in [1.82, 2.24) is 0 Å². The zero-order valence-electron chi connectivity index (χ0n) is 12.6. The molecule has 1 atom stereocenters. The van der Waals surface area contributed by atoms with Gasteiger partial charge in [-0.25, -0.2) is 0 Å². The molecule has 1 aliphatic carbocycles. The fraction of sp³-hybridized carbons (Fsp3) is 0.368. The van der Waals surface area contributed by atoms with E-state index in [-0.39, 0.29) is 16.9 Å². The largest absolute Gasteiger partial charge is 0.491 e. The van der Waals surface area contributed by atoms with Crippen molar-refractivity contribution in [1.29, 1.82) is 0 Å². The van der Waals surface area contributed by atoms with Crippen LogP contribution in [0.25, 0.3) is 0 Å². The molecule has 1 nitrogen and oxygen atoms in total. The van der Waals surface area contributed by atoms with E-state index < -0.39 is 0 Å². The summed E-state index contributed by atoms with van der Waals surface area (Å²) in [7, 11) is 0. The van der Waals surface area contributed by atoms with Gasteiger partial charge in [-0.2, -0.15) is 0 Å². The molecule has 2 aromatic carbocycles. The first-order valence-electron chi connectivity index (χ1n) is 7.58. The minimum atomic E-state index is 0.0213. The van der Waals surface area contributed by atoms with Crippen LogP contribution >= 0.6 is 11.6 Å². The van der Waals surface area contributed by atoms with Crippen molar-refractivity contribution in [3.63, 3.8) is 0 Å². The number of hydrogen-bond donors (Lipinski definition) is 0. The normalized spacial score (nSPS) is 17.5. The van der Waals surface area contributed by atoms with E-state index in [1.54, 1.807) is 0 Å². The fourth-order valence-corrected chi connectivity index (χ4v) is 3.39. The van der Waals surface area contributed by atoms with Gasteiger partial charge in [0.15, 0.2) is 0 Å². The lowest BCUT2D eigenvalue weighted by Gasteiger charge is -2.23. The lowest BCUT2D eigenvalue weighted by Crippen LogP contribution is -2.14. The summed E-state index contributed by atoms with van der Waals surface area (Å²) in [5.74, 6) is 0.905. The Balaban J connectivity index is 1.81. The van der Waals surface area contributed by atoms with Gasteiger partial charge >= 0.3 is 0 Å². The highest BCUT2D eigenvalue weighted by Gasteiger charge is 2.50. The molecule has 21 heavy (non-hydrogen) atoms. The first-order chi connectivity index (χ1) is 10.1. The monoisotopic (exact) mass is 300 g/mol. The Hall–Kier alpha value is -1.47. The maximum Gasteiger partial charge on any atom is 0.119 e. The van der Waals surface area contributed by atoms with Gasteiger partial charge in [0.05, 0.1) is 11.5 Å². The van der Waals surface area contributed by atoms with Gasteiger partial charge in [-0.05, 0) is 49.9 Å². The van der Waals surface area contributed by atoms with Crippen LogP contribution in [-0.4, -0.2) is 6.10 Å². The molecule has 0 spiro atoms. The van der Waals surface area contributed by atoms with Crippen molar-refractivity contribution < 1.29 is 4.74 Å². The molecule has 0 saturated heterocycles. The molecule has 0 heterocycles.